The lowest BCUT2D eigenvalue weighted by Crippen LogP contribution is -2.45. The van der Waals surface area contributed by atoms with Crippen molar-refractivity contribution < 1.29 is 9.59 Å². The van der Waals surface area contributed by atoms with E-state index in [0.717, 1.165) is 40.6 Å². The Labute approximate surface area is 193 Å². The number of fused-ring (bicyclic) bond motifs is 1. The monoisotopic (exact) mass is 454 g/mol. The van der Waals surface area contributed by atoms with Crippen LogP contribution in [0, 0.1) is 6.92 Å². The molecule has 2 aromatic carbocycles. The summed E-state index contributed by atoms with van der Waals surface area (Å²) in [5.41, 5.74) is 5.25. The average molecular weight is 455 g/mol. The Kier molecular flexibility index (Phi) is 5.69. The van der Waals surface area contributed by atoms with Crippen molar-refractivity contribution in [2.24, 2.45) is 0 Å². The van der Waals surface area contributed by atoms with Crippen molar-refractivity contribution in [3.8, 4) is 0 Å². The molecule has 0 aromatic heterocycles. The highest BCUT2D eigenvalue weighted by Crippen LogP contribution is 2.45. The highest BCUT2D eigenvalue weighted by atomic mass is 35.5. The molecule has 6 heteroatoms. The van der Waals surface area contributed by atoms with Crippen molar-refractivity contribution in [1.29, 1.82) is 0 Å². The van der Waals surface area contributed by atoms with Gasteiger partial charge in [-0.1, -0.05) is 48.4 Å². The van der Waals surface area contributed by atoms with E-state index in [2.05, 4.69) is 38.8 Å². The molecular formula is C25H27ClN2O2S. The van der Waals surface area contributed by atoms with Gasteiger partial charge in [-0.2, -0.15) is 0 Å². The van der Waals surface area contributed by atoms with Gasteiger partial charge in [0.05, 0.1) is 11.4 Å². The second kappa shape index (κ2) is 8.03. The highest BCUT2D eigenvalue weighted by Gasteiger charge is 2.37. The molecule has 1 unspecified atom stereocenters. The van der Waals surface area contributed by atoms with Gasteiger partial charge in [0.2, 0.25) is 0 Å². The first-order chi connectivity index (χ1) is 14.6. The fourth-order valence-corrected chi connectivity index (χ4v) is 5.41. The van der Waals surface area contributed by atoms with E-state index >= 15 is 0 Å². The van der Waals surface area contributed by atoms with E-state index in [1.54, 1.807) is 6.08 Å². The normalized spacial score (nSPS) is 21.7. The molecule has 1 fully saturated rings. The van der Waals surface area contributed by atoms with Gasteiger partial charge in [-0.25, -0.2) is 0 Å². The second-order valence-electron chi connectivity index (χ2n) is 9.16. The summed E-state index contributed by atoms with van der Waals surface area (Å²) in [6.07, 6.45) is 2.79. The van der Waals surface area contributed by atoms with Crippen LogP contribution in [0.15, 0.2) is 41.3 Å². The van der Waals surface area contributed by atoms with E-state index < -0.39 is 0 Å². The first-order valence-electron chi connectivity index (χ1n) is 10.4. The number of imide groups is 1. The van der Waals surface area contributed by atoms with E-state index in [9.17, 15) is 9.59 Å². The van der Waals surface area contributed by atoms with Crippen molar-refractivity contribution in [3.05, 3.63) is 68.6 Å². The van der Waals surface area contributed by atoms with E-state index in [1.807, 2.05) is 37.3 Å². The SMILES string of the molecule is Cc1ccc(CN2C(=O)S/C(=C/c3cc4c(cc3Cl)N(C)C(C)(C)CC4C)C2=O)cc1. The Morgan fingerprint density at radius 3 is 2.55 bits per heavy atom. The molecule has 2 amide bonds. The molecule has 0 spiro atoms. The number of thioether (sulfide) groups is 1. The number of halogens is 1. The minimum absolute atomic E-state index is 0.0515. The number of benzene rings is 2. The summed E-state index contributed by atoms with van der Waals surface area (Å²) >= 11 is 7.60. The zero-order valence-electron chi connectivity index (χ0n) is 18.5. The number of amides is 2. The number of hydrogen-bond donors (Lipinski definition) is 0. The zero-order chi connectivity index (χ0) is 22.5. The van der Waals surface area contributed by atoms with Gasteiger partial charge in [0.15, 0.2) is 0 Å². The number of anilines is 1. The summed E-state index contributed by atoms with van der Waals surface area (Å²) in [6, 6.07) is 11.9. The number of carbonyl (C=O) groups excluding carboxylic acids is 2. The summed E-state index contributed by atoms with van der Waals surface area (Å²) in [6.45, 7) is 8.98. The van der Waals surface area contributed by atoms with Crippen LogP contribution in [0.5, 0.6) is 0 Å². The van der Waals surface area contributed by atoms with Crippen LogP contribution in [0.4, 0.5) is 10.5 Å². The Morgan fingerprint density at radius 1 is 1.19 bits per heavy atom. The van der Waals surface area contributed by atoms with Crippen LogP contribution < -0.4 is 4.90 Å². The predicted molar refractivity (Wildman–Crippen MR) is 130 cm³/mol. The second-order valence-corrected chi connectivity index (χ2v) is 10.6. The van der Waals surface area contributed by atoms with E-state index in [0.29, 0.717) is 15.8 Å². The smallest absolute Gasteiger partial charge is 0.293 e. The maximum Gasteiger partial charge on any atom is 0.293 e. The summed E-state index contributed by atoms with van der Waals surface area (Å²) in [4.78, 5) is 29.5. The van der Waals surface area contributed by atoms with Crippen molar-refractivity contribution in [3.63, 3.8) is 0 Å². The van der Waals surface area contributed by atoms with Crippen molar-refractivity contribution in [2.45, 2.75) is 52.1 Å². The molecule has 2 aromatic rings. The van der Waals surface area contributed by atoms with Gasteiger partial charge < -0.3 is 4.90 Å². The van der Waals surface area contributed by atoms with Gasteiger partial charge in [0.1, 0.15) is 0 Å². The molecule has 2 heterocycles. The maximum absolute atomic E-state index is 13.0. The third kappa shape index (κ3) is 4.13. The highest BCUT2D eigenvalue weighted by molar-refractivity contribution is 8.18. The number of rotatable bonds is 3. The van der Waals surface area contributed by atoms with Crippen molar-refractivity contribution in [2.75, 3.05) is 11.9 Å². The van der Waals surface area contributed by atoms with Gasteiger partial charge in [-0.05, 0) is 79.8 Å². The van der Waals surface area contributed by atoms with Crippen LogP contribution in [0.2, 0.25) is 5.02 Å². The van der Waals surface area contributed by atoms with Crippen LogP contribution >= 0.6 is 23.4 Å². The van der Waals surface area contributed by atoms with Crippen molar-refractivity contribution in [1.82, 2.24) is 4.90 Å². The Bertz CT molecular complexity index is 1090. The molecule has 4 rings (SSSR count). The third-order valence-corrected chi connectivity index (χ3v) is 7.61. The molecular weight excluding hydrogens is 428 g/mol. The van der Waals surface area contributed by atoms with E-state index in [4.69, 9.17) is 11.6 Å². The molecule has 4 nitrogen and oxygen atoms in total. The quantitative estimate of drug-likeness (QED) is 0.489. The summed E-state index contributed by atoms with van der Waals surface area (Å²) < 4.78 is 0. The maximum atomic E-state index is 13.0. The lowest BCUT2D eigenvalue weighted by atomic mass is 9.80. The largest absolute Gasteiger partial charge is 0.369 e. The Hall–Kier alpha value is -2.24. The molecule has 0 saturated carbocycles. The first kappa shape index (κ1) is 22.0. The molecule has 162 valence electrons. The minimum atomic E-state index is -0.268. The molecule has 0 bridgehead atoms. The lowest BCUT2D eigenvalue weighted by molar-refractivity contribution is -0.123. The Balaban J connectivity index is 1.63. The summed E-state index contributed by atoms with van der Waals surface area (Å²) in [5, 5.41) is 0.335. The van der Waals surface area contributed by atoms with Gasteiger partial charge in [0, 0.05) is 23.3 Å². The molecule has 0 N–H and O–H groups in total. The molecule has 31 heavy (non-hydrogen) atoms. The molecule has 2 aliphatic rings. The van der Waals surface area contributed by atoms with Crippen LogP contribution in [0.25, 0.3) is 6.08 Å². The van der Waals surface area contributed by atoms with Crippen LogP contribution in [-0.2, 0) is 11.3 Å². The molecule has 1 atom stereocenters. The first-order valence-corrected chi connectivity index (χ1v) is 11.6. The fourth-order valence-electron chi connectivity index (χ4n) is 4.37. The summed E-state index contributed by atoms with van der Waals surface area (Å²) in [5.74, 6) is 0.109. The van der Waals surface area contributed by atoms with Gasteiger partial charge in [-0.3, -0.25) is 14.5 Å². The van der Waals surface area contributed by atoms with E-state index in [1.165, 1.54) is 10.5 Å². The van der Waals surface area contributed by atoms with Gasteiger partial charge in [0.25, 0.3) is 11.1 Å². The predicted octanol–water partition coefficient (Wildman–Crippen LogP) is 6.61. The molecule has 0 aliphatic carbocycles. The molecule has 1 saturated heterocycles. The average Bonchev–Trinajstić information content (AvgIpc) is 2.96. The summed E-state index contributed by atoms with van der Waals surface area (Å²) in [7, 11) is 2.09. The fraction of sp³-hybridized carbons (Fsp3) is 0.360. The Morgan fingerprint density at radius 2 is 1.87 bits per heavy atom. The van der Waals surface area contributed by atoms with Crippen LogP contribution in [0.3, 0.4) is 0 Å². The molecule has 2 aliphatic heterocycles. The minimum Gasteiger partial charge on any atom is -0.369 e. The third-order valence-electron chi connectivity index (χ3n) is 6.37. The molecule has 0 radical (unpaired) electrons. The number of aryl methyl sites for hydroxylation is 1. The van der Waals surface area contributed by atoms with Crippen molar-refractivity contribution >= 4 is 46.3 Å². The van der Waals surface area contributed by atoms with Gasteiger partial charge >= 0.3 is 0 Å². The number of nitrogens with zero attached hydrogens (tertiary/aromatic N) is 2. The standard InChI is InChI=1S/C25H27ClN2O2S/c1-15-6-8-17(9-7-15)14-28-23(29)22(31-24(28)30)11-18-10-19-16(2)13-25(3,4)27(5)21(19)12-20(18)26/h6-12,16H,13-14H2,1-5H3/b22-11+. The van der Waals surface area contributed by atoms with E-state index in [-0.39, 0.29) is 23.2 Å². The number of carbonyl (C=O) groups is 2. The zero-order valence-corrected chi connectivity index (χ0v) is 20.1. The van der Waals surface area contributed by atoms with Crippen LogP contribution in [0.1, 0.15) is 55.4 Å². The van der Waals surface area contributed by atoms with Gasteiger partial charge in [-0.15, -0.1) is 0 Å². The lowest BCUT2D eigenvalue weighted by Gasteiger charge is -2.45. The van der Waals surface area contributed by atoms with Crippen LogP contribution in [-0.4, -0.2) is 28.6 Å². The topological polar surface area (TPSA) is 40.6 Å². The number of hydrogen-bond acceptors (Lipinski definition) is 4.